The Hall–Kier alpha value is -2.58. The summed E-state index contributed by atoms with van der Waals surface area (Å²) in [5.41, 5.74) is 1.65. The normalized spacial score (nSPS) is 11.1. The molecule has 0 atom stereocenters. The summed E-state index contributed by atoms with van der Waals surface area (Å²) in [6, 6.07) is 9.63. The highest BCUT2D eigenvalue weighted by Gasteiger charge is 2.09. The van der Waals surface area contributed by atoms with E-state index in [0.29, 0.717) is 16.3 Å². The van der Waals surface area contributed by atoms with E-state index in [2.05, 4.69) is 15.0 Å². The van der Waals surface area contributed by atoms with Crippen molar-refractivity contribution >= 4 is 33.3 Å². The van der Waals surface area contributed by atoms with Crippen LogP contribution in [0.3, 0.4) is 0 Å². The number of rotatable bonds is 5. The summed E-state index contributed by atoms with van der Waals surface area (Å²) >= 11 is 2.92. The molecule has 0 radical (unpaired) electrons. The summed E-state index contributed by atoms with van der Waals surface area (Å²) in [6.45, 7) is 0. The number of nitrogens with zero attached hydrogens (tertiary/aromatic N) is 3. The molecule has 0 amide bonds. The first-order valence-electron chi connectivity index (χ1n) is 7.51. The Morgan fingerprint density at radius 3 is 2.92 bits per heavy atom. The summed E-state index contributed by atoms with van der Waals surface area (Å²) in [5, 5.41) is 2.71. The van der Waals surface area contributed by atoms with Crippen LogP contribution in [0.25, 0.3) is 15.9 Å². The van der Waals surface area contributed by atoms with Gasteiger partial charge in [0.05, 0.1) is 18.4 Å². The predicted molar refractivity (Wildman–Crippen MR) is 99.9 cm³/mol. The van der Waals surface area contributed by atoms with Crippen LogP contribution in [-0.2, 0) is 5.75 Å². The number of thiophene rings is 1. The molecule has 1 aromatic carbocycles. The second kappa shape index (κ2) is 6.73. The van der Waals surface area contributed by atoms with Gasteiger partial charge in [0.25, 0.3) is 5.56 Å². The van der Waals surface area contributed by atoms with Crippen LogP contribution in [0.15, 0.2) is 58.1 Å². The van der Waals surface area contributed by atoms with Crippen molar-refractivity contribution in [3.05, 3.63) is 64.3 Å². The molecule has 0 aliphatic heterocycles. The van der Waals surface area contributed by atoms with Crippen molar-refractivity contribution in [2.24, 2.45) is 0 Å². The number of aromatic nitrogens is 4. The smallest absolute Gasteiger partial charge is 0.268 e. The number of benzene rings is 1. The molecular formula is C17H14N4O2S2. The molecule has 1 N–H and O–H groups in total. The van der Waals surface area contributed by atoms with E-state index in [1.807, 2.05) is 46.5 Å². The largest absolute Gasteiger partial charge is 0.497 e. The van der Waals surface area contributed by atoms with Crippen molar-refractivity contribution in [1.29, 1.82) is 0 Å². The number of hydrogen-bond donors (Lipinski definition) is 1. The highest BCUT2D eigenvalue weighted by atomic mass is 32.2. The lowest BCUT2D eigenvalue weighted by atomic mass is 10.3. The van der Waals surface area contributed by atoms with Gasteiger partial charge in [0.15, 0.2) is 5.16 Å². The zero-order chi connectivity index (χ0) is 17.2. The van der Waals surface area contributed by atoms with Gasteiger partial charge in [-0.3, -0.25) is 9.36 Å². The van der Waals surface area contributed by atoms with Gasteiger partial charge < -0.3 is 9.72 Å². The Kier molecular flexibility index (Phi) is 4.29. The second-order valence-electron chi connectivity index (χ2n) is 5.21. The summed E-state index contributed by atoms with van der Waals surface area (Å²) < 4.78 is 7.84. The van der Waals surface area contributed by atoms with E-state index in [0.717, 1.165) is 22.1 Å². The van der Waals surface area contributed by atoms with Gasteiger partial charge >= 0.3 is 0 Å². The maximum absolute atomic E-state index is 12.0. The average molecular weight is 370 g/mol. The van der Waals surface area contributed by atoms with Gasteiger partial charge in [-0.1, -0.05) is 11.8 Å². The molecule has 0 unspecified atom stereocenters. The molecule has 126 valence electrons. The lowest BCUT2D eigenvalue weighted by Gasteiger charge is -2.08. The highest BCUT2D eigenvalue weighted by molar-refractivity contribution is 7.98. The maximum Gasteiger partial charge on any atom is 0.268 e. The third kappa shape index (κ3) is 3.18. The third-order valence-electron chi connectivity index (χ3n) is 3.66. The molecular weight excluding hydrogens is 356 g/mol. The number of thioether (sulfide) groups is 1. The number of H-pyrrole nitrogens is 1. The summed E-state index contributed by atoms with van der Waals surface area (Å²) in [5.74, 6) is 1.99. The Labute approximate surface area is 151 Å². The van der Waals surface area contributed by atoms with Crippen molar-refractivity contribution in [3.8, 4) is 11.4 Å². The Morgan fingerprint density at radius 1 is 1.28 bits per heavy atom. The van der Waals surface area contributed by atoms with Gasteiger partial charge in [-0.15, -0.1) is 11.3 Å². The van der Waals surface area contributed by atoms with Gasteiger partial charge in [-0.2, -0.15) is 0 Å². The molecule has 0 spiro atoms. The molecule has 0 aliphatic carbocycles. The minimum absolute atomic E-state index is 0.0888. The molecule has 0 aliphatic rings. The minimum Gasteiger partial charge on any atom is -0.497 e. The molecule has 8 heteroatoms. The topological polar surface area (TPSA) is 72.8 Å². The third-order valence-corrected chi connectivity index (χ3v) is 5.54. The predicted octanol–water partition coefficient (Wildman–Crippen LogP) is 3.47. The molecule has 4 aromatic rings. The van der Waals surface area contributed by atoms with Crippen LogP contribution >= 0.6 is 23.1 Å². The lowest BCUT2D eigenvalue weighted by Crippen LogP contribution is -2.09. The Morgan fingerprint density at radius 2 is 2.12 bits per heavy atom. The van der Waals surface area contributed by atoms with Crippen LogP contribution in [0.4, 0.5) is 0 Å². The first-order chi connectivity index (χ1) is 12.2. The SMILES string of the molecule is COc1ccc(-n2ccnc2SCc2nc3ccsc3c(=O)[nH]2)cc1. The molecule has 0 saturated heterocycles. The second-order valence-corrected chi connectivity index (χ2v) is 7.07. The molecule has 6 nitrogen and oxygen atoms in total. The fourth-order valence-electron chi connectivity index (χ4n) is 2.46. The number of ether oxygens (including phenoxy) is 1. The van der Waals surface area contributed by atoms with E-state index in [9.17, 15) is 4.79 Å². The van der Waals surface area contributed by atoms with E-state index in [1.54, 1.807) is 13.3 Å². The van der Waals surface area contributed by atoms with Crippen LogP contribution in [-0.4, -0.2) is 26.6 Å². The van der Waals surface area contributed by atoms with E-state index in [4.69, 9.17) is 4.74 Å². The van der Waals surface area contributed by atoms with Crippen molar-refractivity contribution in [1.82, 2.24) is 19.5 Å². The van der Waals surface area contributed by atoms with E-state index >= 15 is 0 Å². The monoisotopic (exact) mass is 370 g/mol. The van der Waals surface area contributed by atoms with Crippen molar-refractivity contribution in [2.75, 3.05) is 7.11 Å². The van der Waals surface area contributed by atoms with E-state index in [-0.39, 0.29) is 5.56 Å². The summed E-state index contributed by atoms with van der Waals surface area (Å²) in [6.07, 6.45) is 3.66. The Bertz CT molecular complexity index is 1070. The molecule has 0 bridgehead atoms. The molecule has 3 aromatic heterocycles. The molecule has 0 saturated carbocycles. The number of imidazole rings is 1. The van der Waals surface area contributed by atoms with Crippen molar-refractivity contribution in [3.63, 3.8) is 0 Å². The van der Waals surface area contributed by atoms with Crippen LogP contribution in [0, 0.1) is 0 Å². The molecule has 0 fully saturated rings. The quantitative estimate of drug-likeness (QED) is 0.545. The van der Waals surface area contributed by atoms with Crippen LogP contribution in [0.1, 0.15) is 5.82 Å². The number of methoxy groups -OCH3 is 1. The summed E-state index contributed by atoms with van der Waals surface area (Å²) in [7, 11) is 1.64. The first-order valence-corrected chi connectivity index (χ1v) is 9.38. The lowest BCUT2D eigenvalue weighted by molar-refractivity contribution is 0.414. The van der Waals surface area contributed by atoms with Gasteiger partial charge in [0, 0.05) is 18.1 Å². The van der Waals surface area contributed by atoms with E-state index < -0.39 is 0 Å². The molecule has 4 rings (SSSR count). The Balaban J connectivity index is 1.57. The van der Waals surface area contributed by atoms with Crippen molar-refractivity contribution < 1.29 is 4.74 Å². The number of fused-ring (bicyclic) bond motifs is 1. The van der Waals surface area contributed by atoms with Crippen LogP contribution in [0.2, 0.25) is 0 Å². The highest BCUT2D eigenvalue weighted by Crippen LogP contribution is 2.24. The zero-order valence-corrected chi connectivity index (χ0v) is 14.9. The van der Waals surface area contributed by atoms with Crippen LogP contribution in [0.5, 0.6) is 5.75 Å². The fourth-order valence-corrected chi connectivity index (χ4v) is 4.03. The van der Waals surface area contributed by atoms with Gasteiger partial charge in [-0.25, -0.2) is 9.97 Å². The van der Waals surface area contributed by atoms with Gasteiger partial charge in [0.2, 0.25) is 0 Å². The standard InChI is InChI=1S/C17H14N4O2S2/c1-23-12-4-2-11(3-5-12)21-8-7-18-17(21)25-10-14-19-13-6-9-24-15(13)16(22)20-14/h2-9H,10H2,1H3,(H,19,20,22). The maximum atomic E-state index is 12.0. The first kappa shape index (κ1) is 15.9. The molecule has 25 heavy (non-hydrogen) atoms. The zero-order valence-electron chi connectivity index (χ0n) is 13.3. The number of hydrogen-bond acceptors (Lipinski definition) is 6. The molecule has 3 heterocycles. The van der Waals surface area contributed by atoms with Crippen molar-refractivity contribution in [2.45, 2.75) is 10.9 Å². The summed E-state index contributed by atoms with van der Waals surface area (Å²) in [4.78, 5) is 23.8. The van der Waals surface area contributed by atoms with Crippen LogP contribution < -0.4 is 10.3 Å². The fraction of sp³-hybridized carbons (Fsp3) is 0.118. The average Bonchev–Trinajstić information content (AvgIpc) is 3.29. The van der Waals surface area contributed by atoms with E-state index in [1.165, 1.54) is 23.1 Å². The number of nitrogens with one attached hydrogen (secondary N) is 1. The number of aromatic amines is 1. The van der Waals surface area contributed by atoms with Gasteiger partial charge in [-0.05, 0) is 35.7 Å². The minimum atomic E-state index is -0.0888. The van der Waals surface area contributed by atoms with Gasteiger partial charge in [0.1, 0.15) is 16.3 Å².